The van der Waals surface area contributed by atoms with E-state index in [0.717, 1.165) is 15.4 Å². The minimum Gasteiger partial charge on any atom is -0.446 e. The quantitative estimate of drug-likeness (QED) is 0.460. The number of carbonyl (C=O) groups excluding carboxylic acids is 2. The summed E-state index contributed by atoms with van der Waals surface area (Å²) in [6.45, 7) is 3.18. The van der Waals surface area contributed by atoms with E-state index in [2.05, 4.69) is 5.32 Å². The maximum atomic E-state index is 13.1. The molecule has 178 valence electrons. The Morgan fingerprint density at radius 2 is 1.65 bits per heavy atom. The zero-order valence-corrected chi connectivity index (χ0v) is 20.6. The smallest absolute Gasteiger partial charge is 0.322 e. The van der Waals surface area contributed by atoms with Gasteiger partial charge in [-0.05, 0) is 55.3 Å². The van der Waals surface area contributed by atoms with E-state index < -0.39 is 34.5 Å². The van der Waals surface area contributed by atoms with Gasteiger partial charge >= 0.3 is 5.97 Å². The van der Waals surface area contributed by atoms with Crippen molar-refractivity contribution in [3.05, 3.63) is 94.5 Å². The number of ether oxygens (including phenoxy) is 1. The molecule has 7 nitrogen and oxygen atoms in total. The number of likely N-dealkylation sites (N-methyl/N-ethyl adjacent to an activating group) is 1. The second-order valence-electron chi connectivity index (χ2n) is 7.80. The first-order valence-electron chi connectivity index (χ1n) is 10.4. The number of amides is 1. The molecular weight excluding hydrogens is 476 g/mol. The Balaban J connectivity index is 1.78. The van der Waals surface area contributed by atoms with Gasteiger partial charge in [0, 0.05) is 23.3 Å². The number of sulfonamides is 1. The fraction of sp³-hybridized carbons (Fsp3) is 0.200. The molecule has 3 rings (SSSR count). The molecular formula is C25H25ClN2O5S. The van der Waals surface area contributed by atoms with Crippen LogP contribution in [0.3, 0.4) is 0 Å². The third-order valence-electron chi connectivity index (χ3n) is 5.11. The van der Waals surface area contributed by atoms with Gasteiger partial charge in [0.15, 0.2) is 0 Å². The molecule has 1 amide bonds. The van der Waals surface area contributed by atoms with Gasteiger partial charge in [-0.15, -0.1) is 0 Å². The van der Waals surface area contributed by atoms with E-state index in [-0.39, 0.29) is 4.90 Å². The lowest BCUT2D eigenvalue weighted by Gasteiger charge is -2.21. The van der Waals surface area contributed by atoms with E-state index in [1.54, 1.807) is 30.3 Å². The summed E-state index contributed by atoms with van der Waals surface area (Å²) < 4.78 is 31.9. The molecule has 0 aliphatic rings. The number of aryl methyl sites for hydroxylation is 2. The molecule has 0 radical (unpaired) electrons. The highest BCUT2D eigenvalue weighted by atomic mass is 35.5. The van der Waals surface area contributed by atoms with Gasteiger partial charge in [-0.2, -0.15) is 4.31 Å². The lowest BCUT2D eigenvalue weighted by Crippen LogP contribution is -2.35. The second-order valence-corrected chi connectivity index (χ2v) is 10.3. The largest absolute Gasteiger partial charge is 0.446 e. The van der Waals surface area contributed by atoms with E-state index in [4.69, 9.17) is 16.3 Å². The molecule has 0 saturated heterocycles. The van der Waals surface area contributed by atoms with Crippen LogP contribution in [-0.2, 0) is 24.3 Å². The molecule has 1 N–H and O–H groups in total. The van der Waals surface area contributed by atoms with Gasteiger partial charge in [-0.1, -0.05) is 54.1 Å². The van der Waals surface area contributed by atoms with Crippen molar-refractivity contribution >= 4 is 39.2 Å². The van der Waals surface area contributed by atoms with Gasteiger partial charge in [0.05, 0.1) is 4.90 Å². The highest BCUT2D eigenvalue weighted by Gasteiger charge is 2.29. The predicted molar refractivity (Wildman–Crippen MR) is 131 cm³/mol. The average molecular weight is 501 g/mol. The van der Waals surface area contributed by atoms with Gasteiger partial charge < -0.3 is 10.1 Å². The molecule has 0 bridgehead atoms. The van der Waals surface area contributed by atoms with Gasteiger partial charge in [0.25, 0.3) is 5.91 Å². The minimum absolute atomic E-state index is 0.0144. The summed E-state index contributed by atoms with van der Waals surface area (Å²) in [5.74, 6) is -1.42. The summed E-state index contributed by atoms with van der Waals surface area (Å²) in [5, 5.41) is 3.20. The van der Waals surface area contributed by atoms with Crippen molar-refractivity contribution < 1.29 is 22.7 Å². The average Bonchev–Trinajstić information content (AvgIpc) is 2.80. The maximum absolute atomic E-state index is 13.1. The molecule has 9 heteroatoms. The topological polar surface area (TPSA) is 92.8 Å². The van der Waals surface area contributed by atoms with Crippen molar-refractivity contribution in [3.63, 3.8) is 0 Å². The molecule has 0 fully saturated rings. The van der Waals surface area contributed by atoms with Gasteiger partial charge in [-0.3, -0.25) is 9.59 Å². The summed E-state index contributed by atoms with van der Waals surface area (Å²) in [6.07, 6.45) is -1.26. The Kier molecular flexibility index (Phi) is 8.09. The number of rotatable bonds is 8. The van der Waals surface area contributed by atoms with Crippen LogP contribution in [0, 0.1) is 13.8 Å². The third kappa shape index (κ3) is 6.22. The molecule has 0 spiro atoms. The Bertz CT molecular complexity index is 1280. The van der Waals surface area contributed by atoms with Crippen LogP contribution in [0.2, 0.25) is 5.02 Å². The Morgan fingerprint density at radius 1 is 1.00 bits per heavy atom. The van der Waals surface area contributed by atoms with E-state index in [1.165, 1.54) is 31.3 Å². The van der Waals surface area contributed by atoms with Crippen molar-refractivity contribution in [2.24, 2.45) is 0 Å². The molecule has 34 heavy (non-hydrogen) atoms. The Hall–Kier alpha value is -3.20. The second kappa shape index (κ2) is 10.8. The minimum atomic E-state index is -3.96. The molecule has 0 unspecified atom stereocenters. The SMILES string of the molecule is Cc1ccc(C)c(NC(=O)[C@@H](OC(=O)CN(C)S(=O)(=O)c2ccc(Cl)cc2)c2ccccc2)c1. The van der Waals surface area contributed by atoms with Gasteiger partial charge in [0.2, 0.25) is 16.1 Å². The Labute approximate surface area is 204 Å². The van der Waals surface area contributed by atoms with Crippen molar-refractivity contribution in [1.29, 1.82) is 0 Å². The number of carbonyl (C=O) groups is 2. The third-order valence-corrected chi connectivity index (χ3v) is 7.18. The molecule has 0 aliphatic carbocycles. The van der Waals surface area contributed by atoms with Crippen LogP contribution in [0.4, 0.5) is 5.69 Å². The zero-order chi connectivity index (χ0) is 24.9. The highest BCUT2D eigenvalue weighted by molar-refractivity contribution is 7.89. The van der Waals surface area contributed by atoms with Crippen LogP contribution in [0.25, 0.3) is 0 Å². The number of benzene rings is 3. The van der Waals surface area contributed by atoms with E-state index in [9.17, 15) is 18.0 Å². The number of esters is 1. The summed E-state index contributed by atoms with van der Waals surface area (Å²) in [6, 6.07) is 19.8. The maximum Gasteiger partial charge on any atom is 0.322 e. The number of hydrogen-bond acceptors (Lipinski definition) is 5. The van der Waals surface area contributed by atoms with Gasteiger partial charge in [-0.25, -0.2) is 8.42 Å². The summed E-state index contributed by atoms with van der Waals surface area (Å²) >= 11 is 5.83. The zero-order valence-electron chi connectivity index (χ0n) is 19.0. The van der Waals surface area contributed by atoms with Gasteiger partial charge in [0.1, 0.15) is 6.54 Å². The predicted octanol–water partition coefficient (Wildman–Crippen LogP) is 4.50. The first-order chi connectivity index (χ1) is 16.1. The number of nitrogens with zero attached hydrogens (tertiary/aromatic N) is 1. The van der Waals surface area contributed by atoms with Crippen molar-refractivity contribution in [2.75, 3.05) is 18.9 Å². The standard InChI is InChI=1S/C25H25ClN2O5S/c1-17-9-10-18(2)22(15-17)27-25(30)24(19-7-5-4-6-8-19)33-23(29)16-28(3)34(31,32)21-13-11-20(26)12-14-21/h4-15,24H,16H2,1-3H3,(H,27,30)/t24-/m0/s1. The van der Waals surface area contributed by atoms with Crippen molar-refractivity contribution in [3.8, 4) is 0 Å². The summed E-state index contributed by atoms with van der Waals surface area (Å²) in [7, 11) is -2.69. The van der Waals surface area contributed by atoms with Crippen LogP contribution in [0.1, 0.15) is 22.8 Å². The van der Waals surface area contributed by atoms with Crippen LogP contribution in [0.5, 0.6) is 0 Å². The van der Waals surface area contributed by atoms with E-state index in [1.807, 2.05) is 32.0 Å². The molecule has 0 aromatic heterocycles. The highest BCUT2D eigenvalue weighted by Crippen LogP contribution is 2.23. The summed E-state index contributed by atoms with van der Waals surface area (Å²) in [4.78, 5) is 25.8. The van der Waals surface area contributed by atoms with E-state index in [0.29, 0.717) is 16.3 Å². The van der Waals surface area contributed by atoms with Crippen LogP contribution in [-0.4, -0.2) is 38.2 Å². The monoisotopic (exact) mass is 500 g/mol. The first-order valence-corrected chi connectivity index (χ1v) is 12.2. The number of anilines is 1. The molecule has 3 aromatic carbocycles. The molecule has 0 heterocycles. The summed E-state index contributed by atoms with van der Waals surface area (Å²) in [5.41, 5.74) is 2.88. The normalized spacial score (nSPS) is 12.3. The molecule has 3 aromatic rings. The van der Waals surface area contributed by atoms with Crippen molar-refractivity contribution in [1.82, 2.24) is 4.31 Å². The number of nitrogens with one attached hydrogen (secondary N) is 1. The molecule has 0 saturated carbocycles. The fourth-order valence-electron chi connectivity index (χ4n) is 3.19. The lowest BCUT2D eigenvalue weighted by molar-refractivity contribution is -0.154. The molecule has 0 aliphatic heterocycles. The first kappa shape index (κ1) is 25.4. The molecule has 1 atom stereocenters. The van der Waals surface area contributed by atoms with E-state index >= 15 is 0 Å². The lowest BCUT2D eigenvalue weighted by atomic mass is 10.1. The number of hydrogen-bond donors (Lipinski definition) is 1. The van der Waals surface area contributed by atoms with Crippen LogP contribution < -0.4 is 5.32 Å². The van der Waals surface area contributed by atoms with Crippen LogP contribution in [0.15, 0.2) is 77.7 Å². The number of halogens is 1. The van der Waals surface area contributed by atoms with Crippen molar-refractivity contribution in [2.45, 2.75) is 24.8 Å². The fourth-order valence-corrected chi connectivity index (χ4v) is 4.43. The Morgan fingerprint density at radius 3 is 2.29 bits per heavy atom. The van der Waals surface area contributed by atoms with Crippen LogP contribution >= 0.6 is 11.6 Å².